The molecule has 8 nitrogen and oxygen atoms in total. The normalized spacial score (nSPS) is 10.8. The van der Waals surface area contributed by atoms with Crippen LogP contribution in [0.3, 0.4) is 0 Å². The maximum absolute atomic E-state index is 12.1. The van der Waals surface area contributed by atoms with Gasteiger partial charge in [0.15, 0.2) is 5.16 Å². The van der Waals surface area contributed by atoms with Gasteiger partial charge < -0.3 is 10.3 Å². The van der Waals surface area contributed by atoms with Crippen molar-refractivity contribution >= 4 is 62.2 Å². The number of amides is 1. The molecule has 2 N–H and O–H groups in total. The molecule has 0 aliphatic rings. The fourth-order valence-electron chi connectivity index (χ4n) is 2.18. The molecule has 0 atom stereocenters. The van der Waals surface area contributed by atoms with E-state index in [1.54, 1.807) is 0 Å². The Hall–Kier alpha value is -2.43. The molecule has 0 bridgehead atoms. The van der Waals surface area contributed by atoms with Crippen molar-refractivity contribution in [1.82, 2.24) is 9.97 Å². The molecule has 3 aromatic rings. The monoisotopic (exact) mass is 410 g/mol. The summed E-state index contributed by atoms with van der Waals surface area (Å²) in [6, 6.07) is 3.78. The summed E-state index contributed by atoms with van der Waals surface area (Å²) in [4.78, 5) is 42.0. The van der Waals surface area contributed by atoms with Crippen molar-refractivity contribution in [3.63, 3.8) is 0 Å². The standard InChI is InChI=1S/C15H11ClN4O4S2/c1-7-5-25-14-12(7)13(22)18-15(19-14)26-6-11(21)17-10-4-8(20(23)24)2-3-9(10)16/h2-5H,6H2,1H3,(H,17,21)(H,18,19,22). The van der Waals surface area contributed by atoms with Gasteiger partial charge in [-0.25, -0.2) is 4.98 Å². The molecule has 2 aromatic heterocycles. The highest BCUT2D eigenvalue weighted by atomic mass is 35.5. The number of carbonyl (C=O) groups excluding carboxylic acids is 1. The topological polar surface area (TPSA) is 118 Å². The number of thioether (sulfide) groups is 1. The van der Waals surface area contributed by atoms with Gasteiger partial charge in [0, 0.05) is 12.1 Å². The number of anilines is 1. The van der Waals surface area contributed by atoms with E-state index < -0.39 is 10.8 Å². The van der Waals surface area contributed by atoms with Crippen LogP contribution in [0.2, 0.25) is 5.02 Å². The van der Waals surface area contributed by atoms with E-state index in [4.69, 9.17) is 11.6 Å². The van der Waals surface area contributed by atoms with Gasteiger partial charge in [0.2, 0.25) is 5.91 Å². The van der Waals surface area contributed by atoms with E-state index in [9.17, 15) is 19.7 Å². The molecular formula is C15H11ClN4O4S2. The fourth-order valence-corrected chi connectivity index (χ4v) is 3.99. The molecule has 11 heteroatoms. The van der Waals surface area contributed by atoms with Gasteiger partial charge in [-0.3, -0.25) is 19.7 Å². The molecule has 3 rings (SSSR count). The van der Waals surface area contributed by atoms with E-state index >= 15 is 0 Å². The first-order valence-electron chi connectivity index (χ1n) is 7.20. The van der Waals surface area contributed by atoms with Gasteiger partial charge in [-0.05, 0) is 23.9 Å². The number of rotatable bonds is 5. The van der Waals surface area contributed by atoms with Gasteiger partial charge in [0.05, 0.1) is 26.8 Å². The number of aromatic amines is 1. The molecule has 0 unspecified atom stereocenters. The molecule has 0 aliphatic carbocycles. The molecule has 0 fully saturated rings. The zero-order valence-corrected chi connectivity index (χ0v) is 15.6. The number of carbonyl (C=O) groups is 1. The zero-order valence-electron chi connectivity index (χ0n) is 13.2. The third-order valence-electron chi connectivity index (χ3n) is 3.38. The SMILES string of the molecule is Cc1csc2nc(SCC(=O)Nc3cc([N+](=O)[O-])ccc3Cl)[nH]c(=O)c12. The lowest BCUT2D eigenvalue weighted by Gasteiger charge is -2.07. The largest absolute Gasteiger partial charge is 0.324 e. The van der Waals surface area contributed by atoms with Crippen molar-refractivity contribution in [1.29, 1.82) is 0 Å². The Morgan fingerprint density at radius 1 is 1.50 bits per heavy atom. The van der Waals surface area contributed by atoms with E-state index in [2.05, 4.69) is 15.3 Å². The van der Waals surface area contributed by atoms with Gasteiger partial charge in [-0.15, -0.1) is 11.3 Å². The molecular weight excluding hydrogens is 400 g/mol. The number of thiophene rings is 1. The summed E-state index contributed by atoms with van der Waals surface area (Å²) in [6.45, 7) is 1.83. The van der Waals surface area contributed by atoms with Crippen LogP contribution >= 0.6 is 34.7 Å². The lowest BCUT2D eigenvalue weighted by molar-refractivity contribution is -0.384. The summed E-state index contributed by atoms with van der Waals surface area (Å²) in [5, 5.41) is 16.2. The predicted molar refractivity (Wildman–Crippen MR) is 102 cm³/mol. The van der Waals surface area contributed by atoms with Crippen molar-refractivity contribution in [2.45, 2.75) is 12.1 Å². The van der Waals surface area contributed by atoms with Crippen LogP contribution < -0.4 is 10.9 Å². The second kappa shape index (κ2) is 7.44. The van der Waals surface area contributed by atoms with Gasteiger partial charge in [0.25, 0.3) is 11.2 Å². The third-order valence-corrected chi connectivity index (χ3v) is 5.57. The van der Waals surface area contributed by atoms with Crippen molar-refractivity contribution in [3.8, 4) is 0 Å². The predicted octanol–water partition coefficient (Wildman–Crippen LogP) is 3.59. The van der Waals surface area contributed by atoms with Crippen molar-refractivity contribution in [2.75, 3.05) is 11.1 Å². The van der Waals surface area contributed by atoms with Crippen LogP contribution in [0.4, 0.5) is 11.4 Å². The number of nitro groups is 1. The first kappa shape index (κ1) is 18.4. The van der Waals surface area contributed by atoms with Crippen LogP contribution in [0.15, 0.2) is 33.5 Å². The Morgan fingerprint density at radius 3 is 3.00 bits per heavy atom. The quantitative estimate of drug-likeness (QED) is 0.287. The molecule has 1 amide bonds. The van der Waals surface area contributed by atoms with Gasteiger partial charge in [0.1, 0.15) is 4.83 Å². The summed E-state index contributed by atoms with van der Waals surface area (Å²) in [7, 11) is 0. The maximum atomic E-state index is 12.1. The molecule has 0 radical (unpaired) electrons. The van der Waals surface area contributed by atoms with E-state index in [-0.39, 0.29) is 27.7 Å². The number of aromatic nitrogens is 2. The Bertz CT molecular complexity index is 1080. The van der Waals surface area contributed by atoms with Crippen LogP contribution in [0.1, 0.15) is 5.56 Å². The Balaban J connectivity index is 1.71. The highest BCUT2D eigenvalue weighted by molar-refractivity contribution is 7.99. The first-order chi connectivity index (χ1) is 12.3. The lowest BCUT2D eigenvalue weighted by atomic mass is 10.3. The highest BCUT2D eigenvalue weighted by Crippen LogP contribution is 2.27. The number of fused-ring (bicyclic) bond motifs is 1. The lowest BCUT2D eigenvalue weighted by Crippen LogP contribution is -2.16. The highest BCUT2D eigenvalue weighted by Gasteiger charge is 2.14. The molecule has 0 aliphatic heterocycles. The number of non-ortho nitro benzene ring substituents is 1. The van der Waals surface area contributed by atoms with Crippen molar-refractivity contribution < 1.29 is 9.72 Å². The number of nitrogens with zero attached hydrogens (tertiary/aromatic N) is 2. The number of nitro benzene ring substituents is 1. The number of hydrogen-bond acceptors (Lipinski definition) is 7. The van der Waals surface area contributed by atoms with Gasteiger partial charge >= 0.3 is 0 Å². The smallest absolute Gasteiger partial charge is 0.271 e. The number of H-pyrrole nitrogens is 1. The van der Waals surface area contributed by atoms with Crippen LogP contribution in [-0.4, -0.2) is 26.6 Å². The summed E-state index contributed by atoms with van der Waals surface area (Å²) >= 11 is 8.36. The minimum atomic E-state index is -0.576. The Morgan fingerprint density at radius 2 is 2.27 bits per heavy atom. The molecule has 26 heavy (non-hydrogen) atoms. The van der Waals surface area contributed by atoms with Crippen LogP contribution in [0.5, 0.6) is 0 Å². The van der Waals surface area contributed by atoms with Gasteiger partial charge in [-0.2, -0.15) is 0 Å². The second-order valence-electron chi connectivity index (χ2n) is 5.23. The Kier molecular flexibility index (Phi) is 5.25. The minimum absolute atomic E-state index is 0.0438. The third kappa shape index (κ3) is 3.87. The molecule has 2 heterocycles. The number of halogens is 1. The van der Waals surface area contributed by atoms with Crippen LogP contribution in [-0.2, 0) is 4.79 Å². The van der Waals surface area contributed by atoms with Crippen molar-refractivity contribution in [2.24, 2.45) is 0 Å². The summed E-state index contributed by atoms with van der Waals surface area (Å²) < 4.78 is 0. The van der Waals surface area contributed by atoms with Crippen LogP contribution in [0.25, 0.3) is 10.2 Å². The molecule has 0 saturated heterocycles. The van der Waals surface area contributed by atoms with Crippen LogP contribution in [0, 0.1) is 17.0 Å². The number of aryl methyl sites for hydroxylation is 1. The fraction of sp³-hybridized carbons (Fsp3) is 0.133. The summed E-state index contributed by atoms with van der Waals surface area (Å²) in [6.07, 6.45) is 0. The van der Waals surface area contributed by atoms with Crippen molar-refractivity contribution in [3.05, 3.63) is 54.6 Å². The average Bonchev–Trinajstić information content (AvgIpc) is 2.96. The molecule has 1 aromatic carbocycles. The second-order valence-corrected chi connectivity index (χ2v) is 7.46. The van der Waals surface area contributed by atoms with E-state index in [0.29, 0.717) is 15.4 Å². The minimum Gasteiger partial charge on any atom is -0.324 e. The van der Waals surface area contributed by atoms with E-state index in [1.807, 2.05) is 12.3 Å². The maximum Gasteiger partial charge on any atom is 0.271 e. The van der Waals surface area contributed by atoms with E-state index in [1.165, 1.54) is 29.5 Å². The number of hydrogen-bond donors (Lipinski definition) is 2. The van der Waals surface area contributed by atoms with E-state index in [0.717, 1.165) is 17.3 Å². The Labute approximate surface area is 159 Å². The first-order valence-corrected chi connectivity index (χ1v) is 9.44. The van der Waals surface area contributed by atoms with Gasteiger partial charge in [-0.1, -0.05) is 23.4 Å². The molecule has 134 valence electrons. The molecule has 0 saturated carbocycles. The summed E-state index contributed by atoms with van der Waals surface area (Å²) in [5.74, 6) is -0.472. The average molecular weight is 411 g/mol. The molecule has 0 spiro atoms. The zero-order chi connectivity index (χ0) is 18.8. The number of benzene rings is 1. The summed E-state index contributed by atoms with van der Waals surface area (Å²) in [5.41, 5.74) is 0.575. The number of nitrogens with one attached hydrogen (secondary N) is 2.